The van der Waals surface area contributed by atoms with Crippen LogP contribution in [0.1, 0.15) is 83.6 Å². The molecule has 3 N–H and O–H groups in total. The lowest BCUT2D eigenvalue weighted by Crippen LogP contribution is -2.62. The number of hydrazine groups is 1. The summed E-state index contributed by atoms with van der Waals surface area (Å²) < 4.78 is 14.3. The average molecular weight is 903 g/mol. The lowest BCUT2D eigenvalue weighted by molar-refractivity contribution is -0.155. The number of likely N-dealkylation sites (tertiary alicyclic amines) is 1. The van der Waals surface area contributed by atoms with Crippen LogP contribution in [0.3, 0.4) is 0 Å². The Kier molecular flexibility index (Phi) is 14.4. The van der Waals surface area contributed by atoms with Crippen molar-refractivity contribution >= 4 is 40.5 Å². The van der Waals surface area contributed by atoms with Gasteiger partial charge in [-0.15, -0.1) is 0 Å². The number of hydrogen-bond acceptors (Lipinski definition) is 9. The number of ether oxygens (including phenoxy) is 2. The number of likely N-dealkylation sites (N-methyl/N-ethyl adjacent to an activating group) is 1. The molecule has 0 aliphatic carbocycles. The Balaban J connectivity index is 1.31. The van der Waals surface area contributed by atoms with Gasteiger partial charge in [0.15, 0.2) is 0 Å². The molecule has 4 aromatic rings. The SMILES string of the molecule is C=CC(=O)N1CC[C@H](C(=O)N(C)C(C(=O)N[C@H]2Cc3cc(O)cc(c3)-c3ccc4c(c3)c(c(-c3ccccc3[C@H](C)OC)n4CC)CC(C)(C)COC(=O)[C@@H]3CCCN(N3)C2=O)C(C)C)C1. The molecule has 3 aromatic carbocycles. The summed E-state index contributed by atoms with van der Waals surface area (Å²) in [5.74, 6) is -2.83. The molecule has 1 aromatic heterocycles. The van der Waals surface area contributed by atoms with Crippen LogP contribution >= 0.6 is 0 Å². The third-order valence-corrected chi connectivity index (χ3v) is 13.5. The fourth-order valence-corrected chi connectivity index (χ4v) is 10.1. The first kappa shape index (κ1) is 48.0. The Hall–Kier alpha value is -5.99. The van der Waals surface area contributed by atoms with E-state index in [4.69, 9.17) is 9.47 Å². The fraction of sp³-hybridized carbons (Fsp3) is 0.481. The zero-order valence-electron chi connectivity index (χ0n) is 39.7. The van der Waals surface area contributed by atoms with Gasteiger partial charge < -0.3 is 34.3 Å². The summed E-state index contributed by atoms with van der Waals surface area (Å²) in [7, 11) is 3.29. The Morgan fingerprint density at radius 3 is 2.52 bits per heavy atom. The number of methoxy groups -OCH3 is 1. The first-order valence-electron chi connectivity index (χ1n) is 23.3. The molecule has 0 spiro atoms. The molecule has 14 nitrogen and oxygen atoms in total. The number of fused-ring (bicyclic) bond motifs is 6. The molecule has 1 unspecified atom stereocenters. The molecular formula is C52H66N6O8. The summed E-state index contributed by atoms with van der Waals surface area (Å²) in [6, 6.07) is 16.9. The largest absolute Gasteiger partial charge is 0.508 e. The van der Waals surface area contributed by atoms with E-state index in [1.807, 2.05) is 45.0 Å². The van der Waals surface area contributed by atoms with Crippen LogP contribution < -0.4 is 10.7 Å². The van der Waals surface area contributed by atoms with Gasteiger partial charge in [0.2, 0.25) is 17.7 Å². The number of aryl methyl sites for hydroxylation is 1. The molecule has 2 saturated heterocycles. The van der Waals surface area contributed by atoms with Gasteiger partial charge in [0.05, 0.1) is 24.3 Å². The van der Waals surface area contributed by atoms with Crippen molar-refractivity contribution in [3.05, 3.63) is 90.0 Å². The number of nitrogens with one attached hydrogen (secondary N) is 2. The van der Waals surface area contributed by atoms with E-state index in [2.05, 4.69) is 66.9 Å². The quantitative estimate of drug-likeness (QED) is 0.118. The van der Waals surface area contributed by atoms with Crippen LogP contribution in [0.15, 0.2) is 73.3 Å². The van der Waals surface area contributed by atoms with E-state index in [1.54, 1.807) is 31.2 Å². The second kappa shape index (κ2) is 19.9. The molecule has 3 aliphatic heterocycles. The van der Waals surface area contributed by atoms with E-state index in [9.17, 15) is 29.1 Å². The van der Waals surface area contributed by atoms with Crippen LogP contribution in [-0.2, 0) is 52.8 Å². The lowest BCUT2D eigenvalue weighted by Gasteiger charge is -2.37. The van der Waals surface area contributed by atoms with Gasteiger partial charge in [-0.2, -0.15) is 0 Å². The number of esters is 1. The number of aromatic nitrogens is 1. The van der Waals surface area contributed by atoms with E-state index in [1.165, 1.54) is 16.0 Å². The Morgan fingerprint density at radius 1 is 1.05 bits per heavy atom. The molecule has 14 heteroatoms. The molecule has 4 heterocycles. The summed E-state index contributed by atoms with van der Waals surface area (Å²) in [5.41, 5.74) is 10.1. The highest BCUT2D eigenvalue weighted by molar-refractivity contribution is 5.96. The highest BCUT2D eigenvalue weighted by Gasteiger charge is 2.40. The number of carbonyl (C=O) groups excluding carboxylic acids is 5. The average Bonchev–Trinajstić information content (AvgIpc) is 3.92. The van der Waals surface area contributed by atoms with E-state index in [-0.39, 0.29) is 55.7 Å². The molecule has 0 radical (unpaired) electrons. The summed E-state index contributed by atoms with van der Waals surface area (Å²) in [4.78, 5) is 72.4. The van der Waals surface area contributed by atoms with Crippen molar-refractivity contribution in [2.45, 2.75) is 104 Å². The minimum Gasteiger partial charge on any atom is -0.508 e. The first-order valence-corrected chi connectivity index (χ1v) is 23.3. The smallest absolute Gasteiger partial charge is 0.324 e. The van der Waals surface area contributed by atoms with Gasteiger partial charge in [-0.3, -0.25) is 29.0 Å². The van der Waals surface area contributed by atoms with Crippen LogP contribution in [0.4, 0.5) is 0 Å². The van der Waals surface area contributed by atoms with Crippen molar-refractivity contribution < 1.29 is 38.6 Å². The number of aromatic hydroxyl groups is 1. The van der Waals surface area contributed by atoms with Crippen LogP contribution in [-0.4, -0.2) is 113 Å². The topological polar surface area (TPSA) is 163 Å². The van der Waals surface area contributed by atoms with E-state index in [0.29, 0.717) is 44.3 Å². The lowest BCUT2D eigenvalue weighted by atomic mass is 9.83. The highest BCUT2D eigenvalue weighted by Crippen LogP contribution is 2.42. The van der Waals surface area contributed by atoms with Crippen molar-refractivity contribution in [1.29, 1.82) is 0 Å². The number of carbonyl (C=O) groups is 5. The predicted molar refractivity (Wildman–Crippen MR) is 254 cm³/mol. The second-order valence-electron chi connectivity index (χ2n) is 19.3. The van der Waals surface area contributed by atoms with Crippen molar-refractivity contribution in [2.24, 2.45) is 17.3 Å². The fourth-order valence-electron chi connectivity index (χ4n) is 10.1. The summed E-state index contributed by atoms with van der Waals surface area (Å²) in [6.07, 6.45) is 3.04. The molecular weight excluding hydrogens is 837 g/mol. The maximum atomic E-state index is 14.7. The molecule has 6 bridgehead atoms. The van der Waals surface area contributed by atoms with Crippen LogP contribution in [0.5, 0.6) is 5.75 Å². The van der Waals surface area contributed by atoms with E-state index in [0.717, 1.165) is 44.4 Å². The number of phenols is 1. The number of cyclic esters (lactones) is 1. The molecule has 4 amide bonds. The number of phenolic OH excluding ortho intramolecular Hbond substituents is 1. The normalized spacial score (nSPS) is 21.0. The minimum atomic E-state index is -1.16. The van der Waals surface area contributed by atoms with E-state index >= 15 is 0 Å². The summed E-state index contributed by atoms with van der Waals surface area (Å²) in [5, 5.41) is 16.7. The molecule has 2 fully saturated rings. The van der Waals surface area contributed by atoms with Gasteiger partial charge in [0.1, 0.15) is 23.9 Å². The summed E-state index contributed by atoms with van der Waals surface area (Å²) in [6.45, 7) is 17.3. The molecule has 66 heavy (non-hydrogen) atoms. The third-order valence-electron chi connectivity index (χ3n) is 13.5. The zero-order valence-corrected chi connectivity index (χ0v) is 39.7. The van der Waals surface area contributed by atoms with Gasteiger partial charge in [-0.05, 0) is 104 Å². The van der Waals surface area contributed by atoms with Gasteiger partial charge in [-0.1, -0.05) is 70.7 Å². The molecule has 3 aliphatic rings. The maximum absolute atomic E-state index is 14.7. The monoisotopic (exact) mass is 902 g/mol. The number of hydrogen-bond donors (Lipinski definition) is 3. The van der Waals surface area contributed by atoms with Gasteiger partial charge in [-0.25, -0.2) is 5.43 Å². The number of nitrogens with zero attached hydrogens (tertiary/aromatic N) is 4. The zero-order chi connectivity index (χ0) is 47.6. The maximum Gasteiger partial charge on any atom is 0.324 e. The van der Waals surface area contributed by atoms with Crippen molar-refractivity contribution in [2.75, 3.05) is 40.4 Å². The van der Waals surface area contributed by atoms with Crippen molar-refractivity contribution in [3.8, 4) is 28.1 Å². The predicted octanol–water partition coefficient (Wildman–Crippen LogP) is 6.57. The first-order chi connectivity index (χ1) is 31.4. The summed E-state index contributed by atoms with van der Waals surface area (Å²) >= 11 is 0. The Labute approximate surface area is 388 Å². The van der Waals surface area contributed by atoms with Gasteiger partial charge >= 0.3 is 5.97 Å². The van der Waals surface area contributed by atoms with E-state index < -0.39 is 47.2 Å². The third kappa shape index (κ3) is 9.90. The molecule has 5 atom stereocenters. The standard InChI is InChI=1S/C52H66N6O8/c1-10-45(60)56-22-20-35(29-56)49(62)55(8)46(31(3)4)48(61)53-43-25-33-23-36(26-37(59)24-33)34-18-19-44-40(27-34)41(47(57(44)11-2)39-16-13-12-15-38(39)32(5)65-9)28-52(6,7)30-66-51(64)42-17-14-21-58(54-42)50(43)63/h10,12-13,15-16,18-19,23-24,26-27,31-32,35,42-43,46,54,59H,1,11,14,17,20-22,25,28-30H2,2-9H3,(H,53,61)/t32-,35-,42-,43-,46?/m0/s1. The molecule has 7 rings (SSSR count). The molecule has 352 valence electrons. The number of benzene rings is 3. The van der Waals surface area contributed by atoms with Crippen LogP contribution in [0, 0.1) is 17.3 Å². The minimum absolute atomic E-state index is 0.00446. The second-order valence-corrected chi connectivity index (χ2v) is 19.3. The van der Waals surface area contributed by atoms with Crippen molar-refractivity contribution in [3.63, 3.8) is 0 Å². The number of rotatable bonds is 10. The van der Waals surface area contributed by atoms with Gasteiger partial charge in [0.25, 0.3) is 5.91 Å². The van der Waals surface area contributed by atoms with Gasteiger partial charge in [0, 0.05) is 68.6 Å². The van der Waals surface area contributed by atoms with Crippen molar-refractivity contribution in [1.82, 2.24) is 30.1 Å². The number of amides is 4. The Bertz CT molecular complexity index is 2510. The Morgan fingerprint density at radius 2 is 1.80 bits per heavy atom. The van der Waals surface area contributed by atoms with Crippen LogP contribution in [0.25, 0.3) is 33.3 Å². The highest BCUT2D eigenvalue weighted by atomic mass is 16.5. The molecule has 0 saturated carbocycles. The van der Waals surface area contributed by atoms with Crippen LogP contribution in [0.2, 0.25) is 0 Å².